The Morgan fingerprint density at radius 1 is 0.460 bits per heavy atom. The number of carbonyl (C=O) groups is 2. The molecule has 0 aromatic rings. The van der Waals surface area contributed by atoms with Crippen molar-refractivity contribution in [2.75, 3.05) is 0 Å². The number of unbranched alkanes of at least 4 members (excludes halogenated alkanes) is 30. The van der Waals surface area contributed by atoms with Crippen molar-refractivity contribution in [1.82, 2.24) is 0 Å². The second-order valence-corrected chi connectivity index (χ2v) is 16.3. The molecule has 0 aromatic heterocycles. The van der Waals surface area contributed by atoms with Gasteiger partial charge in [-0.25, -0.2) is 0 Å². The third kappa shape index (κ3) is 31.3. The second kappa shape index (κ2) is 39.4. The van der Waals surface area contributed by atoms with Crippen molar-refractivity contribution in [3.05, 3.63) is 0 Å². The van der Waals surface area contributed by atoms with Crippen molar-refractivity contribution in [1.29, 1.82) is 0 Å². The Morgan fingerprint density at radius 2 is 0.660 bits per heavy atom. The molecule has 1 N–H and O–H groups in total. The molecular weight excluding hydrogens is 703 g/mol. The number of carboxylic acid groups (broad SMARTS) is 2. The van der Waals surface area contributed by atoms with Gasteiger partial charge in [0.1, 0.15) is 5.25 Å². The number of aliphatic carboxylic acids is 2. The first-order chi connectivity index (χ1) is 23.1. The average molecular weight is 779 g/mol. The third-order valence-electron chi connectivity index (χ3n) is 10.4. The molecule has 0 amide bonds. The number of carbonyl (C=O) groups excluding carboxylic acids is 2. The van der Waals surface area contributed by atoms with E-state index in [2.05, 4.69) is 13.8 Å². The van der Waals surface area contributed by atoms with Crippen molar-refractivity contribution < 1.29 is 136 Å². The molecule has 0 aromatic carbocycles. The van der Waals surface area contributed by atoms with Gasteiger partial charge in [0.05, 0.1) is 5.97 Å². The summed E-state index contributed by atoms with van der Waals surface area (Å²) in [6, 6.07) is 0. The van der Waals surface area contributed by atoms with E-state index in [1.54, 1.807) is 0 Å². The van der Waals surface area contributed by atoms with Crippen LogP contribution in [-0.4, -0.2) is 30.2 Å². The zero-order chi connectivity index (χ0) is 35.8. The van der Waals surface area contributed by atoms with Crippen LogP contribution in [-0.2, 0) is 19.7 Å². The fourth-order valence-electron chi connectivity index (χ4n) is 7.31. The second-order valence-electron chi connectivity index (χ2n) is 14.8. The van der Waals surface area contributed by atoms with Crippen LogP contribution in [0.15, 0.2) is 0 Å². The quantitative estimate of drug-likeness (QED) is 0.0569. The van der Waals surface area contributed by atoms with E-state index in [0.717, 1.165) is 38.5 Å². The Balaban J connectivity index is -0.0000110. The van der Waals surface area contributed by atoms with E-state index in [1.165, 1.54) is 141 Å². The van der Waals surface area contributed by atoms with Crippen LogP contribution in [0.2, 0.25) is 0 Å². The normalized spacial score (nSPS) is 12.3. The van der Waals surface area contributed by atoms with Gasteiger partial charge in [0.2, 0.25) is 0 Å². The first kappa shape index (κ1) is 56.5. The Kier molecular flexibility index (Phi) is 44.4. The van der Waals surface area contributed by atoms with Crippen molar-refractivity contribution in [3.8, 4) is 0 Å². The van der Waals surface area contributed by atoms with E-state index >= 15 is 0 Å². The Labute approximate surface area is 394 Å². The molecule has 0 saturated heterocycles. The van der Waals surface area contributed by atoms with Crippen molar-refractivity contribution >= 4 is 22.1 Å². The topological polar surface area (TPSA) is 135 Å². The summed E-state index contributed by atoms with van der Waals surface area (Å²) in [6.07, 6.45) is 36.4. The van der Waals surface area contributed by atoms with Gasteiger partial charge in [0.25, 0.3) is 10.1 Å². The van der Waals surface area contributed by atoms with Crippen LogP contribution in [0.5, 0.6) is 0 Å². The van der Waals surface area contributed by atoms with Gasteiger partial charge in [-0.1, -0.05) is 219 Å². The Bertz CT molecular complexity index is 834. The number of carboxylic acids is 2. The molecule has 0 fully saturated rings. The maximum atomic E-state index is 12.4. The fraction of sp³-hybridized carbons (Fsp3) is 0.950. The summed E-state index contributed by atoms with van der Waals surface area (Å²) in [7, 11) is -5.19. The molecule has 0 aliphatic carbocycles. The molecule has 0 bridgehead atoms. The average Bonchev–Trinajstić information content (AvgIpc) is 3.03. The summed E-state index contributed by atoms with van der Waals surface area (Å²) in [5.74, 6) is -3.80. The van der Waals surface area contributed by atoms with E-state index in [1.807, 2.05) is 0 Å². The largest absolute Gasteiger partial charge is 1.00 e. The smallest absolute Gasteiger partial charge is 0.549 e. The van der Waals surface area contributed by atoms with Gasteiger partial charge < -0.3 is 19.8 Å². The van der Waals surface area contributed by atoms with Gasteiger partial charge >= 0.3 is 103 Å². The van der Waals surface area contributed by atoms with Gasteiger partial charge in [-0.05, 0) is 12.8 Å². The van der Waals surface area contributed by atoms with Crippen LogP contribution < -0.4 is 113 Å². The zero-order valence-corrected chi connectivity index (χ0v) is 40.5. The summed E-state index contributed by atoms with van der Waals surface area (Å²) in [5.41, 5.74) is -2.20. The van der Waals surface area contributed by atoms with Crippen LogP contribution in [0.3, 0.4) is 0 Å². The Hall–Kier alpha value is 2.12. The van der Waals surface area contributed by atoms with E-state index in [0.29, 0.717) is 25.7 Å². The van der Waals surface area contributed by atoms with E-state index in [-0.39, 0.29) is 116 Å². The van der Waals surface area contributed by atoms with Crippen LogP contribution in [0.4, 0.5) is 0 Å². The molecule has 0 aliphatic rings. The molecule has 1 atom stereocenters. The zero-order valence-electron chi connectivity index (χ0n) is 33.4. The van der Waals surface area contributed by atoms with Crippen molar-refractivity contribution in [2.45, 2.75) is 237 Å². The molecule has 0 rings (SSSR count). The van der Waals surface area contributed by atoms with E-state index < -0.39 is 32.7 Å². The Morgan fingerprint density at radius 3 is 0.820 bits per heavy atom. The van der Waals surface area contributed by atoms with Crippen molar-refractivity contribution in [3.63, 3.8) is 0 Å². The maximum absolute atomic E-state index is 12.4. The SMILES string of the molecule is CCCCCCCCCCCCCCCCCCC(CCCCCCCCCCCCCCCCCC)(C(=O)[O-])C(C(=O)[O-])S(=O)(=O)O.[K+].[K+]. The minimum absolute atomic E-state index is 0. The molecule has 50 heavy (non-hydrogen) atoms. The molecule has 0 aliphatic heterocycles. The summed E-state index contributed by atoms with van der Waals surface area (Å²) >= 11 is 0. The van der Waals surface area contributed by atoms with Gasteiger partial charge in [0.15, 0.2) is 0 Å². The molecule has 286 valence electrons. The summed E-state index contributed by atoms with van der Waals surface area (Å²) in [4.78, 5) is 24.3. The van der Waals surface area contributed by atoms with Crippen LogP contribution >= 0.6 is 0 Å². The maximum Gasteiger partial charge on any atom is 1.00 e. The predicted octanol–water partition coefficient (Wildman–Crippen LogP) is 4.04. The van der Waals surface area contributed by atoms with Gasteiger partial charge in [0, 0.05) is 11.4 Å². The monoisotopic (exact) mass is 778 g/mol. The van der Waals surface area contributed by atoms with Gasteiger partial charge in [-0.2, -0.15) is 8.42 Å². The first-order valence-corrected chi connectivity index (χ1v) is 22.0. The molecule has 0 spiro atoms. The molecule has 1 unspecified atom stereocenters. The van der Waals surface area contributed by atoms with E-state index in [9.17, 15) is 32.8 Å². The molecule has 0 radical (unpaired) electrons. The summed E-state index contributed by atoms with van der Waals surface area (Å²) in [5, 5.41) is 21.8. The molecule has 0 saturated carbocycles. The number of hydrogen-bond donors (Lipinski definition) is 1. The molecular formula is C40H76K2O7S. The number of rotatable bonds is 38. The minimum atomic E-state index is -5.19. The first-order valence-electron chi connectivity index (χ1n) is 20.5. The van der Waals surface area contributed by atoms with Crippen LogP contribution in [0.25, 0.3) is 0 Å². The standard InChI is InChI=1S/C40H78O7S.2K/c1-3-5-7-9-11-13-15-17-19-21-23-25-27-29-31-33-35-40(39(43)44,37(38(41)42)48(45,46)47)36-34-32-30-28-26-24-22-20-18-16-14-12-10-8-6-4-2;;/h37H,3-36H2,1-2H3,(H,41,42)(H,43,44)(H,45,46,47);;/q;2*+1/p-2. The van der Waals surface area contributed by atoms with Gasteiger partial charge in [-0.3, -0.25) is 4.55 Å². The summed E-state index contributed by atoms with van der Waals surface area (Å²) < 4.78 is 34.0. The van der Waals surface area contributed by atoms with Crippen molar-refractivity contribution in [2.24, 2.45) is 5.41 Å². The minimum Gasteiger partial charge on any atom is -0.549 e. The van der Waals surface area contributed by atoms with Gasteiger partial charge in [-0.15, -0.1) is 0 Å². The molecule has 0 heterocycles. The molecule has 10 heteroatoms. The predicted molar refractivity (Wildman–Crippen MR) is 196 cm³/mol. The number of hydrogen-bond acceptors (Lipinski definition) is 6. The third-order valence-corrected chi connectivity index (χ3v) is 11.6. The summed E-state index contributed by atoms with van der Waals surface area (Å²) in [6.45, 7) is 4.49. The van der Waals surface area contributed by atoms with Crippen LogP contribution in [0, 0.1) is 5.41 Å². The molecule has 7 nitrogen and oxygen atoms in total. The van der Waals surface area contributed by atoms with Crippen LogP contribution in [0.1, 0.15) is 232 Å². The fourth-order valence-corrected chi connectivity index (χ4v) is 8.45. The van der Waals surface area contributed by atoms with E-state index in [4.69, 9.17) is 0 Å².